The number of aryl methyl sites for hydroxylation is 1. The summed E-state index contributed by atoms with van der Waals surface area (Å²) in [5, 5.41) is 7.75. The van der Waals surface area contributed by atoms with Crippen molar-refractivity contribution in [3.05, 3.63) is 82.4 Å². The van der Waals surface area contributed by atoms with E-state index >= 15 is 8.78 Å². The van der Waals surface area contributed by atoms with Gasteiger partial charge in [-0.05, 0) is 79.5 Å². The highest BCUT2D eigenvalue weighted by molar-refractivity contribution is 6.07. The van der Waals surface area contributed by atoms with Gasteiger partial charge in [0.1, 0.15) is 17.4 Å². The van der Waals surface area contributed by atoms with Gasteiger partial charge in [-0.25, -0.2) is 13.8 Å². The Morgan fingerprint density at radius 1 is 0.859 bits per heavy atom. The number of rotatable bonds is 8. The van der Waals surface area contributed by atoms with E-state index < -0.39 is 18.4 Å². The molecule has 9 heterocycles. The van der Waals surface area contributed by atoms with E-state index in [1.165, 1.54) is 4.90 Å². The third kappa shape index (κ3) is 6.64. The fraction of sp³-hybridized carbons (Fsp3) is 0.447. The van der Waals surface area contributed by atoms with E-state index in [0.717, 1.165) is 96.0 Å². The van der Waals surface area contributed by atoms with Gasteiger partial charge >= 0.3 is 0 Å². The summed E-state index contributed by atoms with van der Waals surface area (Å²) < 4.78 is 40.6. The standard InChI is InChI=1S/C47H50F2N10O5/c1-27(60)55-17-10-36-35(25-55)45(57-14-3-5-28-20-32(34(44(48)49)22-38(28)57)33-23-41-50-11-18-56(41)26-39(33)54-12-4-13-54)52-59(36)30-8-15-53(16-9-30)31-19-29-24-58(37-6-7-42(61)51-46(37)62)47(63)43(29)40(21-31)64-2/h11,18-23,26,30,37,44H,3-10,12-17,24-25H2,1-2H3,(H,51,61,62). The van der Waals surface area contributed by atoms with Crippen molar-refractivity contribution in [1.82, 2.24) is 34.3 Å². The number of hydrogen-bond acceptors (Lipinski definition) is 10. The maximum Gasteiger partial charge on any atom is 0.264 e. The number of alkyl halides is 2. The molecule has 3 aromatic heterocycles. The molecule has 0 spiro atoms. The summed E-state index contributed by atoms with van der Waals surface area (Å²) >= 11 is 0. The van der Waals surface area contributed by atoms with Gasteiger partial charge in [0.05, 0.1) is 30.9 Å². The number of ether oxygens (including phenoxy) is 1. The zero-order chi connectivity index (χ0) is 44.0. The smallest absolute Gasteiger partial charge is 0.264 e. The number of pyridine rings is 1. The minimum absolute atomic E-state index is 0.0134. The highest BCUT2D eigenvalue weighted by atomic mass is 19.3. The van der Waals surface area contributed by atoms with Crippen molar-refractivity contribution in [2.45, 2.75) is 89.9 Å². The molecular formula is C47H50F2N10O5. The topological polar surface area (TPSA) is 141 Å². The number of methoxy groups -OCH3 is 1. The Morgan fingerprint density at radius 3 is 2.42 bits per heavy atom. The number of hydrogen-bond donors (Lipinski definition) is 1. The monoisotopic (exact) mass is 872 g/mol. The van der Waals surface area contributed by atoms with Crippen LogP contribution in [0, 0.1) is 0 Å². The number of benzene rings is 2. The van der Waals surface area contributed by atoms with E-state index in [0.29, 0.717) is 61.7 Å². The molecule has 11 rings (SSSR count). The lowest BCUT2D eigenvalue weighted by molar-refractivity contribution is -0.137. The van der Waals surface area contributed by atoms with E-state index in [-0.39, 0.29) is 48.7 Å². The highest BCUT2D eigenvalue weighted by Gasteiger charge is 2.42. The summed E-state index contributed by atoms with van der Waals surface area (Å²) in [6, 6.07) is 8.83. The fourth-order valence-corrected chi connectivity index (χ4v) is 10.8. The summed E-state index contributed by atoms with van der Waals surface area (Å²) in [5.41, 5.74) is 8.85. The average Bonchev–Trinajstić information content (AvgIpc) is 3.99. The maximum absolute atomic E-state index is 15.4. The number of piperidine rings is 2. The number of carbonyl (C=O) groups excluding carboxylic acids is 4. The molecule has 1 atom stereocenters. The van der Waals surface area contributed by atoms with Crippen LogP contribution in [-0.2, 0) is 40.3 Å². The summed E-state index contributed by atoms with van der Waals surface area (Å²) in [4.78, 5) is 65.5. The van der Waals surface area contributed by atoms with Crippen LogP contribution in [0.25, 0.3) is 16.8 Å². The van der Waals surface area contributed by atoms with E-state index in [1.54, 1.807) is 26.3 Å². The van der Waals surface area contributed by atoms with Crippen molar-refractivity contribution in [3.8, 4) is 16.9 Å². The number of anilines is 4. The Morgan fingerprint density at radius 2 is 1.69 bits per heavy atom. The summed E-state index contributed by atoms with van der Waals surface area (Å²) in [6.07, 6.45) is 8.17. The minimum Gasteiger partial charge on any atom is -0.496 e. The van der Waals surface area contributed by atoms with Gasteiger partial charge in [0.25, 0.3) is 12.3 Å². The molecule has 0 radical (unpaired) electrons. The van der Waals surface area contributed by atoms with Crippen molar-refractivity contribution < 1.29 is 32.7 Å². The molecular weight excluding hydrogens is 823 g/mol. The van der Waals surface area contributed by atoms with Crippen LogP contribution in [0.5, 0.6) is 5.75 Å². The van der Waals surface area contributed by atoms with Gasteiger partial charge in [-0.2, -0.15) is 5.10 Å². The van der Waals surface area contributed by atoms with Crippen LogP contribution < -0.4 is 24.8 Å². The van der Waals surface area contributed by atoms with Gasteiger partial charge in [-0.1, -0.05) is 0 Å². The zero-order valence-corrected chi connectivity index (χ0v) is 36.0. The third-order valence-electron chi connectivity index (χ3n) is 14.3. The van der Waals surface area contributed by atoms with E-state index in [9.17, 15) is 19.2 Å². The molecule has 1 N–H and O–H groups in total. The zero-order valence-electron chi connectivity index (χ0n) is 36.0. The number of amides is 4. The Bertz CT molecular complexity index is 2750. The predicted molar refractivity (Wildman–Crippen MR) is 234 cm³/mol. The molecule has 6 aliphatic rings. The number of aromatic nitrogens is 4. The molecule has 6 aliphatic heterocycles. The van der Waals surface area contributed by atoms with Crippen molar-refractivity contribution in [3.63, 3.8) is 0 Å². The highest BCUT2D eigenvalue weighted by Crippen LogP contribution is 2.46. The number of carbonyl (C=O) groups is 4. The molecule has 332 valence electrons. The minimum atomic E-state index is -2.72. The lowest BCUT2D eigenvalue weighted by atomic mass is 9.90. The number of halogens is 2. The molecule has 0 bridgehead atoms. The fourth-order valence-electron chi connectivity index (χ4n) is 10.8. The van der Waals surface area contributed by atoms with Crippen LogP contribution in [0.2, 0.25) is 0 Å². The maximum atomic E-state index is 15.4. The number of nitrogens with one attached hydrogen (secondary N) is 1. The molecule has 5 aromatic rings. The number of imidazole rings is 1. The first kappa shape index (κ1) is 40.3. The van der Waals surface area contributed by atoms with Crippen molar-refractivity contribution in [1.29, 1.82) is 0 Å². The van der Waals surface area contributed by atoms with Crippen LogP contribution in [0.15, 0.2) is 48.9 Å². The molecule has 3 saturated heterocycles. The molecule has 64 heavy (non-hydrogen) atoms. The molecule has 0 aliphatic carbocycles. The predicted octanol–water partition coefficient (Wildman–Crippen LogP) is 5.95. The van der Waals surface area contributed by atoms with Gasteiger partial charge in [0, 0.05) is 124 Å². The summed E-state index contributed by atoms with van der Waals surface area (Å²) in [5.74, 6) is 0.106. The van der Waals surface area contributed by atoms with Crippen LogP contribution >= 0.6 is 0 Å². The average molecular weight is 873 g/mol. The van der Waals surface area contributed by atoms with Gasteiger partial charge in [0.2, 0.25) is 17.7 Å². The molecule has 2 aromatic carbocycles. The van der Waals surface area contributed by atoms with Crippen LogP contribution in [0.3, 0.4) is 0 Å². The van der Waals surface area contributed by atoms with Crippen LogP contribution in [0.1, 0.15) is 96.2 Å². The number of nitrogens with zero attached hydrogens (tertiary/aromatic N) is 9. The Hall–Kier alpha value is -6.52. The molecule has 15 nitrogen and oxygen atoms in total. The lowest BCUT2D eigenvalue weighted by Crippen LogP contribution is -2.52. The molecule has 4 amide bonds. The van der Waals surface area contributed by atoms with Crippen molar-refractivity contribution in [2.24, 2.45) is 0 Å². The van der Waals surface area contributed by atoms with Gasteiger partial charge in [0.15, 0.2) is 5.82 Å². The van der Waals surface area contributed by atoms with E-state index in [1.807, 2.05) is 46.0 Å². The van der Waals surface area contributed by atoms with Crippen molar-refractivity contribution >= 4 is 52.2 Å². The van der Waals surface area contributed by atoms with Crippen LogP contribution in [0.4, 0.5) is 31.7 Å². The first-order valence-corrected chi connectivity index (χ1v) is 22.5. The normalized spacial score (nSPS) is 20.2. The molecule has 1 unspecified atom stereocenters. The van der Waals surface area contributed by atoms with Gasteiger partial charge < -0.3 is 33.6 Å². The second-order valence-electron chi connectivity index (χ2n) is 17.9. The van der Waals surface area contributed by atoms with Gasteiger partial charge in [-0.15, -0.1) is 0 Å². The van der Waals surface area contributed by atoms with Crippen LogP contribution in [-0.4, -0.2) is 105 Å². The lowest BCUT2D eigenvalue weighted by Gasteiger charge is -2.36. The molecule has 17 heteroatoms. The number of fused-ring (bicyclic) bond motifs is 4. The number of imide groups is 1. The third-order valence-corrected chi connectivity index (χ3v) is 14.3. The molecule has 3 fully saturated rings. The summed E-state index contributed by atoms with van der Waals surface area (Å²) in [7, 11) is 1.54. The Labute approximate surface area is 368 Å². The quantitative estimate of drug-likeness (QED) is 0.186. The SMILES string of the molecule is COc1cc(N2CCC(n3nc(N4CCCc5cc(-c6cc7nccn7cc6N6CCC6)c(C(F)F)cc54)c4c3CCN(C(C)=O)C4)CC2)cc2c1C(=O)N(C1CCC(=O)NC1=O)C2. The second-order valence-corrected chi connectivity index (χ2v) is 17.9. The van der Waals surface area contributed by atoms with Gasteiger partial charge in [-0.3, -0.25) is 29.2 Å². The summed E-state index contributed by atoms with van der Waals surface area (Å²) in [6.45, 7) is 6.58. The first-order chi connectivity index (χ1) is 31.0. The second kappa shape index (κ2) is 15.6. The Balaban J connectivity index is 0.899. The molecule has 0 saturated carbocycles. The Kier molecular flexibility index (Phi) is 9.83. The largest absolute Gasteiger partial charge is 0.496 e. The van der Waals surface area contributed by atoms with E-state index in [4.69, 9.17) is 9.84 Å². The first-order valence-electron chi connectivity index (χ1n) is 22.5. The van der Waals surface area contributed by atoms with E-state index in [2.05, 4.69) is 29.7 Å². The van der Waals surface area contributed by atoms with Crippen molar-refractivity contribution in [2.75, 3.05) is 61.1 Å².